The third kappa shape index (κ3) is 5.36. The predicted molar refractivity (Wildman–Crippen MR) is 113 cm³/mol. The number of ether oxygens (including phenoxy) is 1. The summed E-state index contributed by atoms with van der Waals surface area (Å²) in [5, 5.41) is 5.60. The van der Waals surface area contributed by atoms with Gasteiger partial charge < -0.3 is 15.4 Å². The van der Waals surface area contributed by atoms with E-state index in [4.69, 9.17) is 4.74 Å². The molecule has 1 aliphatic heterocycles. The Morgan fingerprint density at radius 3 is 2.86 bits per heavy atom. The summed E-state index contributed by atoms with van der Waals surface area (Å²) in [7, 11) is 0. The summed E-state index contributed by atoms with van der Waals surface area (Å²) < 4.78 is 5.65. The zero-order valence-electron chi connectivity index (χ0n) is 15.9. The molecule has 28 heavy (non-hydrogen) atoms. The van der Waals surface area contributed by atoms with Gasteiger partial charge in [-0.05, 0) is 43.2 Å². The maximum absolute atomic E-state index is 12.4. The van der Waals surface area contributed by atoms with Gasteiger partial charge in [0.1, 0.15) is 11.0 Å². The highest BCUT2D eigenvalue weighted by Crippen LogP contribution is 2.28. The van der Waals surface area contributed by atoms with E-state index in [1.807, 2.05) is 56.3 Å². The highest BCUT2D eigenvalue weighted by molar-refractivity contribution is 8.15. The largest absolute Gasteiger partial charge is 0.491 e. The lowest BCUT2D eigenvalue weighted by Crippen LogP contribution is -2.28. The Morgan fingerprint density at radius 2 is 2.07 bits per heavy atom. The van der Waals surface area contributed by atoms with Crippen molar-refractivity contribution in [1.82, 2.24) is 5.32 Å². The minimum absolute atomic E-state index is 0.0610. The number of nitrogens with zero attached hydrogens (tertiary/aromatic N) is 1. The molecule has 0 bridgehead atoms. The molecule has 0 spiro atoms. The molecule has 2 N–H and O–H groups in total. The number of rotatable bonds is 7. The topological polar surface area (TPSA) is 79.8 Å². The molecule has 0 aromatic heterocycles. The van der Waals surface area contributed by atoms with Crippen LogP contribution in [0.2, 0.25) is 0 Å². The molecule has 1 saturated heterocycles. The number of nitrogens with one attached hydrogen (secondary N) is 2. The minimum atomic E-state index is -0.507. The molecule has 7 heteroatoms. The van der Waals surface area contributed by atoms with Crippen LogP contribution in [0.25, 0.3) is 0 Å². The van der Waals surface area contributed by atoms with E-state index in [0.717, 1.165) is 17.7 Å². The van der Waals surface area contributed by atoms with E-state index in [2.05, 4.69) is 15.6 Å². The lowest BCUT2D eigenvalue weighted by atomic mass is 10.2. The number of para-hydroxylation sites is 2. The smallest absolute Gasteiger partial charge is 0.240 e. The Hall–Kier alpha value is -2.80. The molecule has 1 heterocycles. The highest BCUT2D eigenvalue weighted by atomic mass is 32.2. The molecular formula is C21H23N3O3S. The number of benzene rings is 2. The molecule has 2 amide bonds. The third-order valence-electron chi connectivity index (χ3n) is 4.00. The first-order chi connectivity index (χ1) is 13.5. The molecule has 0 saturated carbocycles. The van der Waals surface area contributed by atoms with Crippen molar-refractivity contribution in [2.45, 2.75) is 31.9 Å². The second-order valence-corrected chi connectivity index (χ2v) is 7.64. The lowest BCUT2D eigenvalue weighted by molar-refractivity contribution is -0.122. The average molecular weight is 398 g/mol. The molecule has 0 radical (unpaired) electrons. The summed E-state index contributed by atoms with van der Waals surface area (Å²) in [5.41, 5.74) is 2.48. The Morgan fingerprint density at radius 1 is 1.25 bits per heavy atom. The normalized spacial score (nSPS) is 17.4. The van der Waals surface area contributed by atoms with Crippen molar-refractivity contribution in [3.63, 3.8) is 0 Å². The summed E-state index contributed by atoms with van der Waals surface area (Å²) in [6.07, 6.45) is 0.940. The fourth-order valence-electron chi connectivity index (χ4n) is 2.68. The van der Waals surface area contributed by atoms with E-state index in [9.17, 15) is 9.59 Å². The summed E-state index contributed by atoms with van der Waals surface area (Å²) in [6, 6.07) is 15.0. The van der Waals surface area contributed by atoms with Crippen molar-refractivity contribution in [2.24, 2.45) is 4.99 Å². The molecule has 0 unspecified atom stereocenters. The Bertz CT molecular complexity index is 898. The number of thioether (sulfide) groups is 1. The van der Waals surface area contributed by atoms with Crippen molar-refractivity contribution in [3.8, 4) is 5.75 Å². The summed E-state index contributed by atoms with van der Waals surface area (Å²) >= 11 is 1.27. The van der Waals surface area contributed by atoms with E-state index < -0.39 is 5.25 Å². The number of aliphatic imine (C=N–C) groups is 1. The molecule has 3 rings (SSSR count). The van der Waals surface area contributed by atoms with Gasteiger partial charge in [-0.15, -0.1) is 0 Å². The summed E-state index contributed by atoms with van der Waals surface area (Å²) in [6.45, 7) is 4.58. The van der Waals surface area contributed by atoms with E-state index in [0.29, 0.717) is 23.2 Å². The second kappa shape index (κ2) is 9.41. The van der Waals surface area contributed by atoms with Gasteiger partial charge in [-0.2, -0.15) is 0 Å². The second-order valence-electron chi connectivity index (χ2n) is 6.45. The van der Waals surface area contributed by atoms with Crippen molar-refractivity contribution >= 4 is 40.1 Å². The number of aryl methyl sites for hydroxylation is 1. The first kappa shape index (κ1) is 19.9. The van der Waals surface area contributed by atoms with Gasteiger partial charge in [0, 0.05) is 6.42 Å². The van der Waals surface area contributed by atoms with E-state index >= 15 is 0 Å². The number of hydrogen-bond acceptors (Lipinski definition) is 5. The number of anilines is 1. The van der Waals surface area contributed by atoms with Gasteiger partial charge in [0.25, 0.3) is 0 Å². The van der Waals surface area contributed by atoms with Gasteiger partial charge in [0.2, 0.25) is 11.8 Å². The molecule has 2 aromatic carbocycles. The van der Waals surface area contributed by atoms with Crippen molar-refractivity contribution in [3.05, 3.63) is 54.1 Å². The molecule has 0 aliphatic carbocycles. The number of amidine groups is 1. The zero-order chi connectivity index (χ0) is 19.9. The van der Waals surface area contributed by atoms with Crippen molar-refractivity contribution in [2.75, 3.05) is 11.9 Å². The van der Waals surface area contributed by atoms with Crippen LogP contribution in [0.3, 0.4) is 0 Å². The number of amides is 2. The molecule has 2 aromatic rings. The highest BCUT2D eigenvalue weighted by Gasteiger charge is 2.32. The maximum atomic E-state index is 12.4. The Balaban J connectivity index is 1.61. The van der Waals surface area contributed by atoms with Gasteiger partial charge in [-0.25, -0.2) is 4.99 Å². The van der Waals surface area contributed by atoms with Crippen LogP contribution in [0.15, 0.2) is 53.5 Å². The van der Waals surface area contributed by atoms with Gasteiger partial charge in [-0.3, -0.25) is 9.59 Å². The van der Waals surface area contributed by atoms with Crippen LogP contribution in [0.1, 0.15) is 25.3 Å². The van der Waals surface area contributed by atoms with Crippen LogP contribution in [0, 0.1) is 6.92 Å². The van der Waals surface area contributed by atoms with Crippen LogP contribution < -0.4 is 15.4 Å². The molecule has 1 fully saturated rings. The number of carbonyl (C=O) groups excluding carboxylic acids is 2. The summed E-state index contributed by atoms with van der Waals surface area (Å²) in [4.78, 5) is 29.1. The van der Waals surface area contributed by atoms with E-state index in [1.54, 1.807) is 6.07 Å². The zero-order valence-corrected chi connectivity index (χ0v) is 16.7. The monoisotopic (exact) mass is 397 g/mol. The standard InChI is InChI=1S/C21H23N3O3S/c1-3-11-27-17-10-5-4-9-16(17)23-19(25)13-18-20(26)24-21(28-18)22-15-8-6-7-14(2)12-15/h4-10,12,18H,3,11,13H2,1-2H3,(H,23,25)(H,22,24,26)/t18-/m1/s1. The fraction of sp³-hybridized carbons (Fsp3) is 0.286. The number of hydrogen-bond donors (Lipinski definition) is 2. The Labute approximate surface area is 168 Å². The first-order valence-corrected chi connectivity index (χ1v) is 10.1. The molecule has 146 valence electrons. The van der Waals surface area contributed by atoms with Crippen LogP contribution >= 0.6 is 11.8 Å². The molecule has 1 aliphatic rings. The average Bonchev–Trinajstić information content (AvgIpc) is 2.99. The Kier molecular flexibility index (Phi) is 6.71. The fourth-order valence-corrected chi connectivity index (χ4v) is 3.67. The van der Waals surface area contributed by atoms with Crippen molar-refractivity contribution in [1.29, 1.82) is 0 Å². The molecular weight excluding hydrogens is 374 g/mol. The quantitative estimate of drug-likeness (QED) is 0.739. The third-order valence-corrected chi connectivity index (χ3v) is 5.08. The number of carbonyl (C=O) groups is 2. The SMILES string of the molecule is CCCOc1ccccc1NC(=O)C[C@H]1SC(=Nc2cccc(C)c2)NC1=O. The maximum Gasteiger partial charge on any atom is 0.240 e. The van der Waals surface area contributed by atoms with E-state index in [1.165, 1.54) is 11.8 Å². The van der Waals surface area contributed by atoms with Crippen LogP contribution in [0.5, 0.6) is 5.75 Å². The first-order valence-electron chi connectivity index (χ1n) is 9.19. The molecule has 1 atom stereocenters. The lowest BCUT2D eigenvalue weighted by Gasteiger charge is -2.12. The van der Waals surface area contributed by atoms with E-state index in [-0.39, 0.29) is 18.2 Å². The molecule has 6 nitrogen and oxygen atoms in total. The van der Waals surface area contributed by atoms with Crippen LogP contribution in [0.4, 0.5) is 11.4 Å². The van der Waals surface area contributed by atoms with Gasteiger partial charge >= 0.3 is 0 Å². The van der Waals surface area contributed by atoms with Gasteiger partial charge in [0.05, 0.1) is 18.0 Å². The van der Waals surface area contributed by atoms with Gasteiger partial charge in [-0.1, -0.05) is 43.0 Å². The minimum Gasteiger partial charge on any atom is -0.491 e. The van der Waals surface area contributed by atoms with Crippen molar-refractivity contribution < 1.29 is 14.3 Å². The van der Waals surface area contributed by atoms with Crippen LogP contribution in [-0.2, 0) is 9.59 Å². The van der Waals surface area contributed by atoms with Crippen LogP contribution in [-0.4, -0.2) is 28.8 Å². The van der Waals surface area contributed by atoms with Gasteiger partial charge in [0.15, 0.2) is 5.17 Å². The predicted octanol–water partition coefficient (Wildman–Crippen LogP) is 4.03. The summed E-state index contributed by atoms with van der Waals surface area (Å²) in [5.74, 6) is 0.182.